The van der Waals surface area contributed by atoms with E-state index in [1.165, 1.54) is 10.2 Å². The van der Waals surface area contributed by atoms with Crippen LogP contribution in [0.25, 0.3) is 0 Å². The van der Waals surface area contributed by atoms with Crippen LogP contribution in [0.3, 0.4) is 0 Å². The normalized spacial score (nSPS) is 10.1. The van der Waals surface area contributed by atoms with E-state index < -0.39 is 0 Å². The third kappa shape index (κ3) is 1.17. The quantitative estimate of drug-likeness (QED) is 0.636. The fourth-order valence-electron chi connectivity index (χ4n) is 0.841. The number of nitrogens with zero attached hydrogens (tertiary/aromatic N) is 1. The SMILES string of the molecule is C[Se]c1c(C)n[nH]c1C. The molecule has 1 aromatic heterocycles. The van der Waals surface area contributed by atoms with Gasteiger partial charge in [0.1, 0.15) is 0 Å². The zero-order chi connectivity index (χ0) is 6.85. The molecule has 2 nitrogen and oxygen atoms in total. The van der Waals surface area contributed by atoms with E-state index in [4.69, 9.17) is 0 Å². The van der Waals surface area contributed by atoms with Crippen molar-refractivity contribution in [3.63, 3.8) is 0 Å². The molecule has 0 fully saturated rings. The van der Waals surface area contributed by atoms with Crippen molar-refractivity contribution in [1.29, 1.82) is 0 Å². The molecule has 9 heavy (non-hydrogen) atoms. The molecule has 3 heteroatoms. The van der Waals surface area contributed by atoms with Gasteiger partial charge in [0.05, 0.1) is 0 Å². The molecule has 0 bridgehead atoms. The Hall–Kier alpha value is -0.271. The Kier molecular flexibility index (Phi) is 1.93. The van der Waals surface area contributed by atoms with Crippen molar-refractivity contribution in [3.05, 3.63) is 11.4 Å². The maximum atomic E-state index is 4.08. The number of aromatic amines is 1. The summed E-state index contributed by atoms with van der Waals surface area (Å²) >= 11 is 0.584. The van der Waals surface area contributed by atoms with Gasteiger partial charge in [-0.3, -0.25) is 0 Å². The predicted molar refractivity (Wildman–Crippen MR) is 39.3 cm³/mol. The van der Waals surface area contributed by atoms with Crippen LogP contribution in [0.15, 0.2) is 0 Å². The topological polar surface area (TPSA) is 28.7 Å². The summed E-state index contributed by atoms with van der Waals surface area (Å²) in [4.78, 5) is 0. The molecule has 1 N–H and O–H groups in total. The van der Waals surface area contributed by atoms with Crippen molar-refractivity contribution in [3.8, 4) is 0 Å². The van der Waals surface area contributed by atoms with Crippen molar-refractivity contribution in [2.24, 2.45) is 0 Å². The molecule has 0 aliphatic heterocycles. The van der Waals surface area contributed by atoms with E-state index in [9.17, 15) is 0 Å². The summed E-state index contributed by atoms with van der Waals surface area (Å²) in [6.45, 7) is 4.12. The number of rotatable bonds is 1. The molecule has 0 unspecified atom stereocenters. The summed E-state index contributed by atoms with van der Waals surface area (Å²) in [5, 5.41) is 7.03. The molecule has 50 valence electrons. The summed E-state index contributed by atoms with van der Waals surface area (Å²) in [7, 11) is 0. The molecule has 0 aliphatic rings. The number of hydrogen-bond acceptors (Lipinski definition) is 1. The summed E-state index contributed by atoms with van der Waals surface area (Å²) in [5.41, 5.74) is 2.39. The average Bonchev–Trinajstić information content (AvgIpc) is 2.12. The van der Waals surface area contributed by atoms with Crippen LogP contribution in [0, 0.1) is 13.8 Å². The number of H-pyrrole nitrogens is 1. The zero-order valence-corrected chi connectivity index (χ0v) is 7.57. The van der Waals surface area contributed by atoms with Gasteiger partial charge in [-0.1, -0.05) is 0 Å². The molecule has 0 radical (unpaired) electrons. The van der Waals surface area contributed by atoms with E-state index in [0.29, 0.717) is 15.0 Å². The molecule has 0 saturated carbocycles. The first-order chi connectivity index (χ1) is 4.25. The van der Waals surface area contributed by atoms with Gasteiger partial charge in [-0.2, -0.15) is 0 Å². The van der Waals surface area contributed by atoms with Crippen LogP contribution < -0.4 is 4.46 Å². The first-order valence-corrected chi connectivity index (χ1v) is 5.38. The third-order valence-electron chi connectivity index (χ3n) is 1.26. The number of aryl methyl sites for hydroxylation is 2. The average molecular weight is 189 g/mol. The van der Waals surface area contributed by atoms with E-state index in [2.05, 4.69) is 22.9 Å². The number of nitrogens with one attached hydrogen (secondary N) is 1. The summed E-state index contributed by atoms with van der Waals surface area (Å²) < 4.78 is 1.42. The van der Waals surface area contributed by atoms with Crippen LogP contribution in [0.1, 0.15) is 11.4 Å². The van der Waals surface area contributed by atoms with E-state index in [1.807, 2.05) is 6.92 Å². The van der Waals surface area contributed by atoms with Crippen molar-refractivity contribution >= 4 is 19.4 Å². The second-order valence-electron chi connectivity index (χ2n) is 1.97. The standard InChI is InChI=1S/C6H10N2Se/c1-4-6(9-3)5(2)8-7-4/h1-3H3,(H,7,8). The molecular formula is C6H10N2Se. The minimum atomic E-state index is 0.584. The van der Waals surface area contributed by atoms with Crippen LogP contribution >= 0.6 is 0 Å². The fraction of sp³-hybridized carbons (Fsp3) is 0.500. The molecular weight excluding hydrogens is 179 g/mol. The van der Waals surface area contributed by atoms with Gasteiger partial charge in [0.15, 0.2) is 0 Å². The molecule has 0 aliphatic carbocycles. The molecule has 0 amide bonds. The summed E-state index contributed by atoms with van der Waals surface area (Å²) in [5.74, 6) is 2.21. The van der Waals surface area contributed by atoms with E-state index in [-0.39, 0.29) is 0 Å². The Bertz CT molecular complexity index is 185. The van der Waals surface area contributed by atoms with Crippen LogP contribution in [-0.4, -0.2) is 25.2 Å². The molecule has 1 aromatic rings. The van der Waals surface area contributed by atoms with Gasteiger partial charge in [0.2, 0.25) is 0 Å². The van der Waals surface area contributed by atoms with Crippen LogP contribution in [-0.2, 0) is 0 Å². The molecule has 0 saturated heterocycles. The number of aromatic nitrogens is 2. The minimum absolute atomic E-state index is 0.584. The second kappa shape index (κ2) is 2.54. The van der Waals surface area contributed by atoms with Gasteiger partial charge in [-0.05, 0) is 0 Å². The zero-order valence-electron chi connectivity index (χ0n) is 5.86. The number of hydrogen-bond donors (Lipinski definition) is 1. The molecule has 0 aromatic carbocycles. The van der Waals surface area contributed by atoms with E-state index in [1.54, 1.807) is 0 Å². The van der Waals surface area contributed by atoms with Crippen molar-refractivity contribution in [1.82, 2.24) is 10.2 Å². The summed E-state index contributed by atoms with van der Waals surface area (Å²) in [6, 6.07) is 0. The molecule has 0 spiro atoms. The fourth-order valence-corrected chi connectivity index (χ4v) is 2.30. The van der Waals surface area contributed by atoms with Crippen LogP contribution in [0.4, 0.5) is 0 Å². The maximum absolute atomic E-state index is 4.08. The monoisotopic (exact) mass is 190 g/mol. The molecule has 1 heterocycles. The van der Waals surface area contributed by atoms with Crippen molar-refractivity contribution in [2.45, 2.75) is 19.7 Å². The Balaban J connectivity index is 3.07. The van der Waals surface area contributed by atoms with E-state index in [0.717, 1.165) is 5.69 Å². The van der Waals surface area contributed by atoms with Gasteiger partial charge < -0.3 is 0 Å². The Morgan fingerprint density at radius 3 is 2.33 bits per heavy atom. The van der Waals surface area contributed by atoms with Gasteiger partial charge >= 0.3 is 60.7 Å². The third-order valence-corrected chi connectivity index (χ3v) is 3.38. The van der Waals surface area contributed by atoms with Crippen molar-refractivity contribution in [2.75, 3.05) is 0 Å². The Labute approximate surface area is 61.2 Å². The first-order valence-electron chi connectivity index (χ1n) is 2.81. The molecule has 1 rings (SSSR count). The van der Waals surface area contributed by atoms with Gasteiger partial charge in [0.25, 0.3) is 0 Å². The van der Waals surface area contributed by atoms with Crippen LogP contribution in [0.5, 0.6) is 0 Å². The van der Waals surface area contributed by atoms with Gasteiger partial charge in [-0.25, -0.2) is 0 Å². The second-order valence-corrected chi connectivity index (χ2v) is 3.68. The molecule has 0 atom stereocenters. The van der Waals surface area contributed by atoms with E-state index >= 15 is 0 Å². The van der Waals surface area contributed by atoms with Crippen molar-refractivity contribution < 1.29 is 0 Å². The Morgan fingerprint density at radius 2 is 2.11 bits per heavy atom. The Morgan fingerprint density at radius 1 is 1.44 bits per heavy atom. The van der Waals surface area contributed by atoms with Gasteiger partial charge in [0, 0.05) is 0 Å². The van der Waals surface area contributed by atoms with Gasteiger partial charge in [-0.15, -0.1) is 0 Å². The van der Waals surface area contributed by atoms with Crippen LogP contribution in [0.2, 0.25) is 5.82 Å². The predicted octanol–water partition coefficient (Wildman–Crippen LogP) is 0.404. The first kappa shape index (κ1) is 6.84. The summed E-state index contributed by atoms with van der Waals surface area (Å²) in [6.07, 6.45) is 0.